The number of nitrogens with two attached hydrogens (primary N) is 1. The van der Waals surface area contributed by atoms with Crippen LogP contribution >= 0.6 is 0 Å². The van der Waals surface area contributed by atoms with Crippen LogP contribution in [-0.4, -0.2) is 68.7 Å². The zero-order valence-corrected chi connectivity index (χ0v) is 11.8. The van der Waals surface area contributed by atoms with Crippen molar-refractivity contribution >= 4 is 0 Å². The maximum Gasteiger partial charge on any atom is 0.0317 e. The van der Waals surface area contributed by atoms with Gasteiger partial charge in [0.2, 0.25) is 0 Å². The highest BCUT2D eigenvalue weighted by Crippen LogP contribution is 2.21. The minimum atomic E-state index is 0.180. The summed E-state index contributed by atoms with van der Waals surface area (Å²) in [5.74, 6) is 0. The highest BCUT2D eigenvalue weighted by molar-refractivity contribution is 4.92. The zero-order valence-electron chi connectivity index (χ0n) is 11.8. The summed E-state index contributed by atoms with van der Waals surface area (Å²) in [4.78, 5) is 4.75. The molecule has 0 radical (unpaired) electrons. The van der Waals surface area contributed by atoms with Gasteiger partial charge in [0.15, 0.2) is 0 Å². The van der Waals surface area contributed by atoms with E-state index in [1.54, 1.807) is 0 Å². The molecule has 0 aliphatic carbocycles. The van der Waals surface area contributed by atoms with Crippen LogP contribution in [0, 0.1) is 0 Å². The second-order valence-electron chi connectivity index (χ2n) is 5.50. The van der Waals surface area contributed by atoms with Gasteiger partial charge in [0.25, 0.3) is 0 Å². The average Bonchev–Trinajstić information content (AvgIpc) is 2.51. The molecule has 0 bridgehead atoms. The number of likely N-dealkylation sites (N-methyl/N-ethyl adjacent to an activating group) is 1. The van der Waals surface area contributed by atoms with Gasteiger partial charge in [0.05, 0.1) is 0 Å². The Labute approximate surface area is 107 Å². The van der Waals surface area contributed by atoms with E-state index in [4.69, 9.17) is 5.73 Å². The van der Waals surface area contributed by atoms with E-state index in [0.29, 0.717) is 0 Å². The van der Waals surface area contributed by atoms with Crippen molar-refractivity contribution in [2.75, 3.05) is 53.4 Å². The number of rotatable bonds is 6. The predicted molar refractivity (Wildman–Crippen MR) is 74.3 cm³/mol. The van der Waals surface area contributed by atoms with Gasteiger partial charge in [-0.15, -0.1) is 0 Å². The molecule has 102 valence electrons. The third-order valence-electron chi connectivity index (χ3n) is 3.93. The van der Waals surface area contributed by atoms with Crippen molar-refractivity contribution in [3.63, 3.8) is 0 Å². The Bertz CT molecular complexity index is 208. The molecule has 1 heterocycles. The second kappa shape index (κ2) is 7.31. The molecule has 1 saturated heterocycles. The number of hydrogen-bond donors (Lipinski definition) is 2. The third-order valence-corrected chi connectivity index (χ3v) is 3.93. The Morgan fingerprint density at radius 1 is 1.29 bits per heavy atom. The molecule has 1 aliphatic rings. The first-order chi connectivity index (χ1) is 8.12. The number of hydrogen-bond acceptors (Lipinski definition) is 4. The molecule has 0 saturated carbocycles. The molecule has 1 fully saturated rings. The fourth-order valence-corrected chi connectivity index (χ4v) is 2.56. The molecule has 3 N–H and O–H groups in total. The minimum Gasteiger partial charge on any atom is -0.329 e. The van der Waals surface area contributed by atoms with Crippen molar-refractivity contribution in [1.29, 1.82) is 0 Å². The Balaban J connectivity index is 2.44. The van der Waals surface area contributed by atoms with Crippen LogP contribution in [-0.2, 0) is 0 Å². The fourth-order valence-electron chi connectivity index (χ4n) is 2.56. The summed E-state index contributed by atoms with van der Waals surface area (Å²) in [6.45, 7) is 8.71. The van der Waals surface area contributed by atoms with Gasteiger partial charge in [0, 0.05) is 25.2 Å². The van der Waals surface area contributed by atoms with Crippen LogP contribution < -0.4 is 11.1 Å². The lowest BCUT2D eigenvalue weighted by atomic mass is 9.90. The monoisotopic (exact) mass is 242 g/mol. The Morgan fingerprint density at radius 2 is 2.06 bits per heavy atom. The van der Waals surface area contributed by atoms with Crippen molar-refractivity contribution < 1.29 is 0 Å². The summed E-state index contributed by atoms with van der Waals surface area (Å²) < 4.78 is 0. The Morgan fingerprint density at radius 3 is 2.65 bits per heavy atom. The molecule has 1 atom stereocenters. The SMILES string of the molecule is CCN1CCCC(CN)(NCCN(C)C)CC1. The van der Waals surface area contributed by atoms with E-state index < -0.39 is 0 Å². The molecule has 1 rings (SSSR count). The molecular weight excluding hydrogens is 212 g/mol. The predicted octanol–water partition coefficient (Wildman–Crippen LogP) is 0.341. The molecule has 4 heteroatoms. The fraction of sp³-hybridized carbons (Fsp3) is 1.00. The number of likely N-dealkylation sites (tertiary alicyclic amines) is 1. The Hall–Kier alpha value is -0.160. The summed E-state index contributed by atoms with van der Waals surface area (Å²) in [6, 6.07) is 0. The van der Waals surface area contributed by atoms with Gasteiger partial charge in [-0.05, 0) is 53.0 Å². The molecular formula is C13H30N4. The first-order valence-electron chi connectivity index (χ1n) is 6.94. The number of nitrogens with one attached hydrogen (secondary N) is 1. The summed E-state index contributed by atoms with van der Waals surface area (Å²) >= 11 is 0. The van der Waals surface area contributed by atoms with Gasteiger partial charge in [-0.25, -0.2) is 0 Å². The van der Waals surface area contributed by atoms with Crippen LogP contribution in [0.4, 0.5) is 0 Å². The highest BCUT2D eigenvalue weighted by atomic mass is 15.1. The lowest BCUT2D eigenvalue weighted by molar-refractivity contribution is 0.258. The largest absolute Gasteiger partial charge is 0.329 e. The van der Waals surface area contributed by atoms with E-state index in [-0.39, 0.29) is 5.54 Å². The highest BCUT2D eigenvalue weighted by Gasteiger charge is 2.30. The topological polar surface area (TPSA) is 44.5 Å². The molecule has 1 unspecified atom stereocenters. The second-order valence-corrected chi connectivity index (χ2v) is 5.50. The lowest BCUT2D eigenvalue weighted by Crippen LogP contribution is -2.53. The average molecular weight is 242 g/mol. The standard InChI is InChI=1S/C13H30N4/c1-4-17-9-5-6-13(12-14,7-10-17)15-8-11-16(2)3/h15H,4-12,14H2,1-3H3. The normalized spacial score (nSPS) is 27.4. The summed E-state index contributed by atoms with van der Waals surface area (Å²) in [7, 11) is 4.23. The van der Waals surface area contributed by atoms with Crippen LogP contribution in [0.2, 0.25) is 0 Å². The van der Waals surface area contributed by atoms with Gasteiger partial charge in [0.1, 0.15) is 0 Å². The van der Waals surface area contributed by atoms with Crippen LogP contribution in [0.3, 0.4) is 0 Å². The molecule has 0 aromatic rings. The first-order valence-corrected chi connectivity index (χ1v) is 6.94. The van der Waals surface area contributed by atoms with E-state index in [1.165, 1.54) is 38.9 Å². The molecule has 0 spiro atoms. The first kappa shape index (κ1) is 14.9. The van der Waals surface area contributed by atoms with Gasteiger partial charge in [-0.3, -0.25) is 0 Å². The maximum absolute atomic E-state index is 6.02. The lowest BCUT2D eigenvalue weighted by Gasteiger charge is -2.33. The summed E-state index contributed by atoms with van der Waals surface area (Å²) in [5.41, 5.74) is 6.20. The Kier molecular flexibility index (Phi) is 6.41. The zero-order chi connectivity index (χ0) is 12.7. The number of nitrogens with zero attached hydrogens (tertiary/aromatic N) is 2. The molecule has 0 aromatic carbocycles. The van der Waals surface area contributed by atoms with E-state index in [1.807, 2.05) is 0 Å². The van der Waals surface area contributed by atoms with E-state index >= 15 is 0 Å². The molecule has 17 heavy (non-hydrogen) atoms. The maximum atomic E-state index is 6.02. The molecule has 4 nitrogen and oxygen atoms in total. The third kappa shape index (κ3) is 4.92. The quantitative estimate of drug-likeness (QED) is 0.705. The van der Waals surface area contributed by atoms with Gasteiger partial charge < -0.3 is 20.9 Å². The van der Waals surface area contributed by atoms with Crippen molar-refractivity contribution in [1.82, 2.24) is 15.1 Å². The summed E-state index contributed by atoms with van der Waals surface area (Å²) in [6.07, 6.45) is 3.66. The van der Waals surface area contributed by atoms with Gasteiger partial charge in [-0.1, -0.05) is 6.92 Å². The smallest absolute Gasteiger partial charge is 0.0317 e. The van der Waals surface area contributed by atoms with Crippen molar-refractivity contribution in [2.24, 2.45) is 5.73 Å². The van der Waals surface area contributed by atoms with Crippen LogP contribution in [0.5, 0.6) is 0 Å². The van der Waals surface area contributed by atoms with Crippen molar-refractivity contribution in [3.8, 4) is 0 Å². The van der Waals surface area contributed by atoms with Crippen LogP contribution in [0.15, 0.2) is 0 Å². The summed E-state index contributed by atoms with van der Waals surface area (Å²) in [5, 5.41) is 3.71. The van der Waals surface area contributed by atoms with Crippen LogP contribution in [0.25, 0.3) is 0 Å². The van der Waals surface area contributed by atoms with E-state index in [9.17, 15) is 0 Å². The molecule has 0 amide bonds. The van der Waals surface area contributed by atoms with Gasteiger partial charge in [-0.2, -0.15) is 0 Å². The van der Waals surface area contributed by atoms with Gasteiger partial charge >= 0.3 is 0 Å². The van der Waals surface area contributed by atoms with E-state index in [0.717, 1.165) is 19.6 Å². The van der Waals surface area contributed by atoms with Crippen LogP contribution in [0.1, 0.15) is 26.2 Å². The minimum absolute atomic E-state index is 0.180. The molecule has 1 aliphatic heterocycles. The van der Waals surface area contributed by atoms with Crippen molar-refractivity contribution in [3.05, 3.63) is 0 Å². The van der Waals surface area contributed by atoms with E-state index in [2.05, 4.69) is 36.1 Å². The molecule has 0 aromatic heterocycles. The van der Waals surface area contributed by atoms with Crippen molar-refractivity contribution in [2.45, 2.75) is 31.7 Å².